The number of benzene rings is 3. The fraction of sp³-hybridized carbons (Fsp3) is 0.296. The zero-order valence-corrected chi connectivity index (χ0v) is 21.0. The molecule has 36 heavy (non-hydrogen) atoms. The van der Waals surface area contributed by atoms with Crippen molar-refractivity contribution in [3.63, 3.8) is 0 Å². The highest BCUT2D eigenvalue weighted by atomic mass is 35.5. The predicted octanol–water partition coefficient (Wildman–Crippen LogP) is 6.89. The van der Waals surface area contributed by atoms with Gasteiger partial charge in [-0.15, -0.1) is 5.10 Å². The van der Waals surface area contributed by atoms with Gasteiger partial charge in [-0.2, -0.15) is 13.2 Å². The monoisotopic (exact) mass is 513 g/mol. The fourth-order valence-corrected chi connectivity index (χ4v) is 4.35. The summed E-state index contributed by atoms with van der Waals surface area (Å²) in [6.45, 7) is 6.65. The van der Waals surface area contributed by atoms with Crippen LogP contribution in [-0.4, -0.2) is 25.1 Å². The highest BCUT2D eigenvalue weighted by molar-refractivity contribution is 6.31. The minimum Gasteiger partial charge on any atom is -0.281 e. The van der Waals surface area contributed by atoms with E-state index in [4.69, 9.17) is 11.6 Å². The van der Waals surface area contributed by atoms with Crippen molar-refractivity contribution in [2.75, 3.05) is 0 Å². The van der Waals surface area contributed by atoms with Gasteiger partial charge < -0.3 is 0 Å². The highest BCUT2D eigenvalue weighted by Crippen LogP contribution is 2.36. The minimum atomic E-state index is -4.48. The van der Waals surface area contributed by atoms with E-state index in [0.29, 0.717) is 29.5 Å². The van der Waals surface area contributed by atoms with Crippen LogP contribution < -0.4 is 0 Å². The van der Waals surface area contributed by atoms with E-state index in [-0.39, 0.29) is 0 Å². The summed E-state index contributed by atoms with van der Waals surface area (Å²) in [5, 5.41) is 13.0. The van der Waals surface area contributed by atoms with E-state index in [2.05, 4.69) is 20.4 Å². The molecule has 0 unspecified atom stereocenters. The average molecular weight is 514 g/mol. The number of tetrazole rings is 1. The molecule has 9 heteroatoms. The van der Waals surface area contributed by atoms with Crippen LogP contribution in [0.2, 0.25) is 5.02 Å². The second kappa shape index (κ2) is 10.4. The summed E-state index contributed by atoms with van der Waals surface area (Å²) >= 11 is 6.51. The van der Waals surface area contributed by atoms with E-state index in [1.165, 1.54) is 12.1 Å². The molecule has 3 aromatic carbocycles. The first kappa shape index (κ1) is 25.9. The maximum absolute atomic E-state index is 13.7. The molecule has 0 aliphatic carbocycles. The molecule has 0 saturated heterocycles. The van der Waals surface area contributed by atoms with Gasteiger partial charge in [0.25, 0.3) is 0 Å². The minimum absolute atomic E-state index is 0.368. The van der Waals surface area contributed by atoms with Crippen LogP contribution >= 0.6 is 11.6 Å². The molecule has 0 aliphatic rings. The number of aromatic nitrogens is 4. The number of alkyl halides is 3. The molecule has 0 N–H and O–H groups in total. The molecule has 0 amide bonds. The van der Waals surface area contributed by atoms with Crippen LogP contribution in [0.1, 0.15) is 54.9 Å². The van der Waals surface area contributed by atoms with E-state index in [0.717, 1.165) is 17.2 Å². The van der Waals surface area contributed by atoms with Crippen LogP contribution in [0.4, 0.5) is 13.2 Å². The summed E-state index contributed by atoms with van der Waals surface area (Å²) in [5.74, 6) is 0.449. The molecule has 0 saturated carbocycles. The molecule has 188 valence electrons. The summed E-state index contributed by atoms with van der Waals surface area (Å²) in [6.07, 6.45) is -4.48. The number of hydrogen-bond donors (Lipinski definition) is 0. The van der Waals surface area contributed by atoms with Crippen molar-refractivity contribution < 1.29 is 13.2 Å². The van der Waals surface area contributed by atoms with Crippen LogP contribution in [0.3, 0.4) is 0 Å². The zero-order valence-electron chi connectivity index (χ0n) is 20.2. The van der Waals surface area contributed by atoms with E-state index in [1.54, 1.807) is 16.8 Å². The van der Waals surface area contributed by atoms with Gasteiger partial charge >= 0.3 is 6.18 Å². The Morgan fingerprint density at radius 2 is 1.58 bits per heavy atom. The summed E-state index contributed by atoms with van der Waals surface area (Å²) in [7, 11) is 0. The quantitative estimate of drug-likeness (QED) is 0.270. The Kier molecular flexibility index (Phi) is 7.47. The van der Waals surface area contributed by atoms with Gasteiger partial charge in [0.2, 0.25) is 0 Å². The maximum atomic E-state index is 13.7. The average Bonchev–Trinajstić information content (AvgIpc) is 3.31. The van der Waals surface area contributed by atoms with Crippen LogP contribution in [0.25, 0.3) is 0 Å². The third-order valence-corrected chi connectivity index (χ3v) is 6.20. The Labute approximate surface area is 213 Å². The number of halogens is 4. The van der Waals surface area contributed by atoms with Crippen molar-refractivity contribution in [3.05, 3.63) is 112 Å². The molecule has 0 radical (unpaired) electrons. The normalized spacial score (nSPS) is 13.2. The van der Waals surface area contributed by atoms with Gasteiger partial charge in [-0.25, -0.2) is 4.68 Å². The number of hydrogen-bond acceptors (Lipinski definition) is 4. The summed E-state index contributed by atoms with van der Waals surface area (Å²) in [6, 6.07) is 21.9. The predicted molar refractivity (Wildman–Crippen MR) is 133 cm³/mol. The van der Waals surface area contributed by atoms with Crippen molar-refractivity contribution in [1.82, 2.24) is 25.1 Å². The Morgan fingerprint density at radius 3 is 2.25 bits per heavy atom. The van der Waals surface area contributed by atoms with Crippen LogP contribution in [-0.2, 0) is 24.8 Å². The third kappa shape index (κ3) is 5.94. The molecule has 5 nitrogen and oxygen atoms in total. The van der Waals surface area contributed by atoms with E-state index in [1.807, 2.05) is 69.3 Å². The van der Waals surface area contributed by atoms with E-state index >= 15 is 0 Å². The molecular formula is C27H27ClF3N5. The van der Waals surface area contributed by atoms with Crippen LogP contribution in [0, 0.1) is 0 Å². The molecular weight excluding hydrogens is 487 g/mol. The van der Waals surface area contributed by atoms with Crippen molar-refractivity contribution in [2.45, 2.75) is 51.6 Å². The molecule has 0 spiro atoms. The van der Waals surface area contributed by atoms with Gasteiger partial charge in [0, 0.05) is 18.1 Å². The van der Waals surface area contributed by atoms with Gasteiger partial charge in [0.05, 0.1) is 17.1 Å². The Hall–Kier alpha value is -3.23. The molecule has 4 rings (SSSR count). The van der Waals surface area contributed by atoms with Crippen LogP contribution in [0.15, 0.2) is 78.9 Å². The van der Waals surface area contributed by atoms with E-state index in [9.17, 15) is 13.2 Å². The Bertz CT molecular complexity index is 1300. The topological polar surface area (TPSA) is 46.8 Å². The van der Waals surface area contributed by atoms with Crippen LogP contribution in [0.5, 0.6) is 0 Å². The lowest BCUT2D eigenvalue weighted by Gasteiger charge is -2.34. The second-order valence-corrected chi connectivity index (χ2v) is 10.0. The van der Waals surface area contributed by atoms with E-state index < -0.39 is 23.3 Å². The molecule has 0 aliphatic heterocycles. The molecule has 1 heterocycles. The smallest absolute Gasteiger partial charge is 0.281 e. The second-order valence-electron chi connectivity index (χ2n) is 9.63. The lowest BCUT2D eigenvalue weighted by molar-refractivity contribution is -0.137. The Balaban J connectivity index is 1.91. The molecule has 1 atom stereocenters. The number of nitrogens with zero attached hydrogens (tertiary/aromatic N) is 5. The lowest BCUT2D eigenvalue weighted by atomic mass is 9.98. The van der Waals surface area contributed by atoms with Crippen molar-refractivity contribution in [1.29, 1.82) is 0 Å². The summed E-state index contributed by atoms with van der Waals surface area (Å²) in [5.41, 5.74) is 1.06. The first-order chi connectivity index (χ1) is 17.0. The lowest BCUT2D eigenvalue weighted by Crippen LogP contribution is -2.35. The zero-order chi connectivity index (χ0) is 25.9. The SMILES string of the molecule is CC(C)(C)n1nnnc1[C@@H](c1cccc(C(F)(F)F)c1)N(Cc1ccccc1)Cc1ccccc1Cl. The standard InChI is InChI=1S/C27H27ClF3N5/c1-26(2,3)36-25(32-33-34-36)24(20-13-9-14-22(16-20)27(29,30)31)35(17-19-10-5-4-6-11-19)18-21-12-7-8-15-23(21)28/h4-16,24H,17-18H2,1-3H3/t24-/m1/s1. The summed E-state index contributed by atoms with van der Waals surface area (Å²) < 4.78 is 42.8. The van der Waals surface area contributed by atoms with Gasteiger partial charge in [-0.1, -0.05) is 72.3 Å². The van der Waals surface area contributed by atoms with Gasteiger partial charge in [0.15, 0.2) is 5.82 Å². The number of rotatable bonds is 7. The third-order valence-electron chi connectivity index (χ3n) is 5.83. The molecule has 4 aromatic rings. The molecule has 0 fully saturated rings. The Morgan fingerprint density at radius 1 is 0.889 bits per heavy atom. The first-order valence-corrected chi connectivity index (χ1v) is 11.9. The molecule has 0 bridgehead atoms. The fourth-order valence-electron chi connectivity index (χ4n) is 4.15. The summed E-state index contributed by atoms with van der Waals surface area (Å²) in [4.78, 5) is 2.06. The van der Waals surface area contributed by atoms with Gasteiger partial charge in [-0.05, 0) is 66.1 Å². The highest BCUT2D eigenvalue weighted by Gasteiger charge is 2.35. The van der Waals surface area contributed by atoms with Crippen molar-refractivity contribution >= 4 is 11.6 Å². The largest absolute Gasteiger partial charge is 0.416 e. The van der Waals surface area contributed by atoms with Crippen molar-refractivity contribution in [2.24, 2.45) is 0 Å². The van der Waals surface area contributed by atoms with Gasteiger partial charge in [-0.3, -0.25) is 4.90 Å². The molecule has 1 aromatic heterocycles. The maximum Gasteiger partial charge on any atom is 0.416 e. The first-order valence-electron chi connectivity index (χ1n) is 11.5. The van der Waals surface area contributed by atoms with Gasteiger partial charge in [0.1, 0.15) is 0 Å². The van der Waals surface area contributed by atoms with Crippen molar-refractivity contribution in [3.8, 4) is 0 Å².